The molecule has 0 bridgehead atoms. The van der Waals surface area contributed by atoms with Crippen LogP contribution in [0.3, 0.4) is 0 Å². The van der Waals surface area contributed by atoms with Gasteiger partial charge in [0, 0.05) is 0 Å². The standard InChI is InChI=1S/C27H40/c1-3-4-5-6-7-8-9-23-12-16-25(17-13-23)27-20-18-26(19-21-27)24-14-10-22(2)11-15-24/h10-11,14-15,18-20,23,25,27H,3-9,12-13,16-17,21H2,1-2H3/t23-,25-,27?. The molecule has 1 fully saturated rings. The molecule has 1 aromatic rings. The topological polar surface area (TPSA) is 0 Å². The van der Waals surface area contributed by atoms with Crippen LogP contribution in [0.15, 0.2) is 42.5 Å². The van der Waals surface area contributed by atoms with Crippen molar-refractivity contribution >= 4 is 5.57 Å². The van der Waals surface area contributed by atoms with Gasteiger partial charge >= 0.3 is 0 Å². The molecule has 27 heavy (non-hydrogen) atoms. The summed E-state index contributed by atoms with van der Waals surface area (Å²) in [5.74, 6) is 2.74. The second kappa shape index (κ2) is 10.9. The zero-order valence-corrected chi connectivity index (χ0v) is 17.8. The second-order valence-electron chi connectivity index (χ2n) is 9.12. The summed E-state index contributed by atoms with van der Waals surface area (Å²) in [5, 5.41) is 0. The molecule has 2 aliphatic rings. The molecule has 2 aliphatic carbocycles. The van der Waals surface area contributed by atoms with E-state index >= 15 is 0 Å². The lowest BCUT2D eigenvalue weighted by Gasteiger charge is -2.33. The SMILES string of the molecule is CCCCCCCC[C@H]1CC[C@H](C2C=CC(c3ccc(C)cc3)=CC2)CC1. The normalized spacial score (nSPS) is 25.4. The van der Waals surface area contributed by atoms with E-state index in [9.17, 15) is 0 Å². The highest BCUT2D eigenvalue weighted by atomic mass is 14.3. The number of hydrogen-bond acceptors (Lipinski definition) is 0. The van der Waals surface area contributed by atoms with E-state index in [-0.39, 0.29) is 0 Å². The molecule has 0 heteroatoms. The fraction of sp³-hybridized carbons (Fsp3) is 0.630. The number of allylic oxidation sites excluding steroid dienone is 4. The molecule has 0 aliphatic heterocycles. The minimum Gasteiger partial charge on any atom is -0.0802 e. The zero-order valence-electron chi connectivity index (χ0n) is 17.8. The first-order valence-electron chi connectivity index (χ1n) is 11.7. The minimum absolute atomic E-state index is 0.786. The molecule has 0 amide bonds. The van der Waals surface area contributed by atoms with Crippen molar-refractivity contribution < 1.29 is 0 Å². The van der Waals surface area contributed by atoms with E-state index in [2.05, 4.69) is 56.3 Å². The van der Waals surface area contributed by atoms with Crippen molar-refractivity contribution in [2.24, 2.45) is 17.8 Å². The van der Waals surface area contributed by atoms with Crippen LogP contribution in [0.25, 0.3) is 5.57 Å². The Labute approximate surface area is 168 Å². The van der Waals surface area contributed by atoms with E-state index in [0.717, 1.165) is 17.8 Å². The number of hydrogen-bond donors (Lipinski definition) is 0. The van der Waals surface area contributed by atoms with Crippen LogP contribution in [-0.2, 0) is 0 Å². The summed E-state index contributed by atoms with van der Waals surface area (Å²) < 4.78 is 0. The van der Waals surface area contributed by atoms with Crippen molar-refractivity contribution in [2.45, 2.75) is 90.9 Å². The molecule has 0 spiro atoms. The Kier molecular flexibility index (Phi) is 8.24. The van der Waals surface area contributed by atoms with Crippen molar-refractivity contribution in [2.75, 3.05) is 0 Å². The largest absolute Gasteiger partial charge is 0.0802 e. The Morgan fingerprint density at radius 1 is 0.852 bits per heavy atom. The molecule has 1 aromatic carbocycles. The molecule has 0 saturated heterocycles. The molecular weight excluding hydrogens is 324 g/mol. The van der Waals surface area contributed by atoms with Gasteiger partial charge < -0.3 is 0 Å². The van der Waals surface area contributed by atoms with Gasteiger partial charge in [0.15, 0.2) is 0 Å². The van der Waals surface area contributed by atoms with E-state index in [1.165, 1.54) is 93.7 Å². The average Bonchev–Trinajstić information content (AvgIpc) is 2.72. The third-order valence-electron chi connectivity index (χ3n) is 6.98. The van der Waals surface area contributed by atoms with Crippen LogP contribution in [0.5, 0.6) is 0 Å². The Morgan fingerprint density at radius 2 is 1.56 bits per heavy atom. The van der Waals surface area contributed by atoms with E-state index < -0.39 is 0 Å². The first-order valence-corrected chi connectivity index (χ1v) is 11.7. The van der Waals surface area contributed by atoms with Crippen LogP contribution in [0, 0.1) is 24.7 Å². The van der Waals surface area contributed by atoms with Gasteiger partial charge in [-0.15, -0.1) is 0 Å². The molecule has 0 radical (unpaired) electrons. The zero-order chi connectivity index (χ0) is 18.9. The van der Waals surface area contributed by atoms with Gasteiger partial charge in [0.25, 0.3) is 0 Å². The molecular formula is C27H40. The van der Waals surface area contributed by atoms with Crippen molar-refractivity contribution in [1.82, 2.24) is 0 Å². The van der Waals surface area contributed by atoms with E-state index in [4.69, 9.17) is 0 Å². The van der Waals surface area contributed by atoms with Crippen molar-refractivity contribution in [3.63, 3.8) is 0 Å². The Balaban J connectivity index is 1.36. The van der Waals surface area contributed by atoms with E-state index in [1.807, 2.05) is 0 Å². The van der Waals surface area contributed by atoms with Crippen LogP contribution in [-0.4, -0.2) is 0 Å². The van der Waals surface area contributed by atoms with Crippen LogP contribution in [0.1, 0.15) is 95.1 Å². The monoisotopic (exact) mass is 364 g/mol. The fourth-order valence-electron chi connectivity index (χ4n) is 5.06. The summed E-state index contributed by atoms with van der Waals surface area (Å²) in [4.78, 5) is 0. The van der Waals surface area contributed by atoms with Gasteiger partial charge in [0.1, 0.15) is 0 Å². The van der Waals surface area contributed by atoms with Crippen LogP contribution < -0.4 is 0 Å². The molecule has 1 atom stereocenters. The van der Waals surface area contributed by atoms with Gasteiger partial charge in [-0.05, 0) is 55.1 Å². The van der Waals surface area contributed by atoms with Gasteiger partial charge in [0.2, 0.25) is 0 Å². The Bertz CT molecular complexity index is 595. The van der Waals surface area contributed by atoms with Crippen molar-refractivity contribution in [3.8, 4) is 0 Å². The Hall–Kier alpha value is -1.30. The Morgan fingerprint density at radius 3 is 2.22 bits per heavy atom. The van der Waals surface area contributed by atoms with E-state index in [1.54, 1.807) is 0 Å². The fourth-order valence-corrected chi connectivity index (χ4v) is 5.06. The molecule has 0 nitrogen and oxygen atoms in total. The molecule has 0 heterocycles. The predicted octanol–water partition coefficient (Wildman–Crippen LogP) is 8.51. The van der Waals surface area contributed by atoms with Gasteiger partial charge in [-0.2, -0.15) is 0 Å². The maximum Gasteiger partial charge on any atom is -0.0167 e. The number of rotatable bonds is 9. The summed E-state index contributed by atoms with van der Waals surface area (Å²) in [6.07, 6.45) is 24.7. The van der Waals surface area contributed by atoms with Gasteiger partial charge in [-0.3, -0.25) is 0 Å². The van der Waals surface area contributed by atoms with Gasteiger partial charge in [0.05, 0.1) is 0 Å². The lowest BCUT2D eigenvalue weighted by molar-refractivity contribution is 0.218. The lowest BCUT2D eigenvalue weighted by Crippen LogP contribution is -2.21. The minimum atomic E-state index is 0.786. The maximum absolute atomic E-state index is 2.52. The summed E-state index contributed by atoms with van der Waals surface area (Å²) >= 11 is 0. The maximum atomic E-state index is 2.52. The number of benzene rings is 1. The number of aryl methyl sites for hydroxylation is 1. The van der Waals surface area contributed by atoms with E-state index in [0.29, 0.717) is 0 Å². The summed E-state index contributed by atoms with van der Waals surface area (Å²) in [7, 11) is 0. The quantitative estimate of drug-likeness (QED) is 0.385. The molecule has 1 saturated carbocycles. The smallest absolute Gasteiger partial charge is 0.0167 e. The molecule has 1 unspecified atom stereocenters. The van der Waals surface area contributed by atoms with Crippen LogP contribution in [0.2, 0.25) is 0 Å². The second-order valence-corrected chi connectivity index (χ2v) is 9.12. The first-order chi connectivity index (χ1) is 13.3. The lowest BCUT2D eigenvalue weighted by atomic mass is 9.72. The summed E-state index contributed by atoms with van der Waals surface area (Å²) in [5.41, 5.74) is 4.13. The third-order valence-corrected chi connectivity index (χ3v) is 6.98. The van der Waals surface area contributed by atoms with Crippen LogP contribution >= 0.6 is 0 Å². The highest BCUT2D eigenvalue weighted by molar-refractivity contribution is 5.75. The predicted molar refractivity (Wildman–Crippen MR) is 120 cm³/mol. The first kappa shape index (κ1) is 20.4. The highest BCUT2D eigenvalue weighted by Crippen LogP contribution is 2.39. The molecule has 0 aromatic heterocycles. The molecule has 148 valence electrons. The molecule has 3 rings (SSSR count). The average molecular weight is 365 g/mol. The van der Waals surface area contributed by atoms with Crippen molar-refractivity contribution in [1.29, 1.82) is 0 Å². The third kappa shape index (κ3) is 6.37. The van der Waals surface area contributed by atoms with Gasteiger partial charge in [-0.25, -0.2) is 0 Å². The van der Waals surface area contributed by atoms with Gasteiger partial charge in [-0.1, -0.05) is 113 Å². The highest BCUT2D eigenvalue weighted by Gasteiger charge is 2.26. The summed E-state index contributed by atoms with van der Waals surface area (Å²) in [6.45, 7) is 4.47. The van der Waals surface area contributed by atoms with Crippen molar-refractivity contribution in [3.05, 3.63) is 53.6 Å². The summed E-state index contributed by atoms with van der Waals surface area (Å²) in [6, 6.07) is 8.97. The van der Waals surface area contributed by atoms with Crippen LogP contribution in [0.4, 0.5) is 0 Å². The number of unbranched alkanes of at least 4 members (excludes halogenated alkanes) is 5. The molecule has 0 N–H and O–H groups in total.